The van der Waals surface area contributed by atoms with Crippen LogP contribution in [0.4, 0.5) is 14.9 Å². The van der Waals surface area contributed by atoms with Gasteiger partial charge in [-0.15, -0.1) is 5.10 Å². The molecule has 2 N–H and O–H groups in total. The highest BCUT2D eigenvalue weighted by Crippen LogP contribution is 2.41. The van der Waals surface area contributed by atoms with Gasteiger partial charge in [-0.25, -0.2) is 14.2 Å². The van der Waals surface area contributed by atoms with Crippen LogP contribution in [0, 0.1) is 11.7 Å². The SMILES string of the molecule is C=C/C(=C\C=C(/C)C(CC1CC1)c1ncc(-c2ccc(NC(=O)OC)c(F)c2)[nH]1)c1cc(Cl)ccc1-n1cnnn1. The molecule has 1 aliphatic rings. The van der Waals surface area contributed by atoms with Crippen molar-refractivity contribution in [3.8, 4) is 16.9 Å². The number of hydrogen-bond donors (Lipinski definition) is 2. The number of halogens is 2. The van der Waals surface area contributed by atoms with Gasteiger partial charge in [0.1, 0.15) is 18.0 Å². The van der Waals surface area contributed by atoms with Gasteiger partial charge >= 0.3 is 6.09 Å². The molecule has 0 aliphatic heterocycles. The van der Waals surface area contributed by atoms with Crippen molar-refractivity contribution in [2.45, 2.75) is 32.1 Å². The van der Waals surface area contributed by atoms with Crippen molar-refractivity contribution in [3.63, 3.8) is 0 Å². The van der Waals surface area contributed by atoms with Crippen molar-refractivity contribution in [2.75, 3.05) is 12.4 Å². The summed E-state index contributed by atoms with van der Waals surface area (Å²) in [6, 6.07) is 10.1. The summed E-state index contributed by atoms with van der Waals surface area (Å²) in [5.74, 6) is 0.921. The van der Waals surface area contributed by atoms with Crippen molar-refractivity contribution < 1.29 is 13.9 Å². The Hall–Kier alpha value is -4.57. The van der Waals surface area contributed by atoms with Crippen LogP contribution in [0.2, 0.25) is 5.02 Å². The molecule has 1 atom stereocenters. The third-order valence-electron chi connectivity index (χ3n) is 7.05. The number of imidazole rings is 1. The minimum absolute atomic E-state index is 0.0403. The number of amides is 1. The number of H-pyrrole nitrogens is 1. The zero-order chi connectivity index (χ0) is 28.9. The number of benzene rings is 2. The first-order valence-electron chi connectivity index (χ1n) is 13.1. The Kier molecular flexibility index (Phi) is 8.39. The van der Waals surface area contributed by atoms with Crippen molar-refractivity contribution in [3.05, 3.63) is 102 Å². The van der Waals surface area contributed by atoms with E-state index >= 15 is 0 Å². The van der Waals surface area contributed by atoms with E-state index in [1.165, 1.54) is 38.4 Å². The first kappa shape index (κ1) is 28.0. The number of carbonyl (C=O) groups is 1. The lowest BCUT2D eigenvalue weighted by Crippen LogP contribution is -2.12. The number of rotatable bonds is 10. The summed E-state index contributed by atoms with van der Waals surface area (Å²) in [5.41, 5.74) is 4.94. The number of allylic oxidation sites excluding steroid dienone is 5. The smallest absolute Gasteiger partial charge is 0.411 e. The van der Waals surface area contributed by atoms with Gasteiger partial charge in [0.05, 0.1) is 30.4 Å². The lowest BCUT2D eigenvalue weighted by molar-refractivity contribution is 0.187. The molecule has 9 nitrogen and oxygen atoms in total. The highest BCUT2D eigenvalue weighted by atomic mass is 35.5. The summed E-state index contributed by atoms with van der Waals surface area (Å²) in [7, 11) is 1.22. The number of nitrogens with one attached hydrogen (secondary N) is 2. The molecule has 210 valence electrons. The minimum Gasteiger partial charge on any atom is -0.453 e. The fourth-order valence-electron chi connectivity index (χ4n) is 4.62. The maximum atomic E-state index is 14.7. The van der Waals surface area contributed by atoms with E-state index in [9.17, 15) is 9.18 Å². The standard InChI is InChI=1S/C30H29ClFN7O2/c1-4-20(24-15-22(31)10-12-28(24)39-17-34-37-38-39)8-5-18(2)23(13-19-6-7-19)29-33-16-27(35-29)21-9-11-26(25(32)14-21)36-30(40)41-3/h4-5,8-12,14-17,19,23H,1,6-7,13H2,2-3H3,(H,33,35)(H,36,40)/b18-5+,20-8+. The number of carbonyl (C=O) groups excluding carboxylic acids is 1. The summed E-state index contributed by atoms with van der Waals surface area (Å²) < 4.78 is 20.8. The molecule has 0 bridgehead atoms. The average Bonchev–Trinajstić information content (AvgIpc) is 3.40. The second kappa shape index (κ2) is 12.3. The second-order valence-corrected chi connectivity index (χ2v) is 10.3. The molecule has 1 saturated carbocycles. The van der Waals surface area contributed by atoms with Crippen molar-refractivity contribution in [1.29, 1.82) is 0 Å². The summed E-state index contributed by atoms with van der Waals surface area (Å²) in [5, 5.41) is 14.5. The van der Waals surface area contributed by atoms with Crippen molar-refractivity contribution in [2.24, 2.45) is 5.92 Å². The number of anilines is 1. The third-order valence-corrected chi connectivity index (χ3v) is 7.29. The quantitative estimate of drug-likeness (QED) is 0.195. The van der Waals surface area contributed by atoms with Gasteiger partial charge in [-0.2, -0.15) is 4.68 Å². The van der Waals surface area contributed by atoms with E-state index in [-0.39, 0.29) is 11.6 Å². The second-order valence-electron chi connectivity index (χ2n) is 9.88. The Bertz CT molecular complexity index is 1620. The number of hydrogen-bond acceptors (Lipinski definition) is 6. The molecule has 41 heavy (non-hydrogen) atoms. The molecule has 4 aromatic rings. The Morgan fingerprint density at radius 3 is 2.80 bits per heavy atom. The van der Waals surface area contributed by atoms with Crippen LogP contribution in [0.5, 0.6) is 0 Å². The topological polar surface area (TPSA) is 111 Å². The van der Waals surface area contributed by atoms with Gasteiger partial charge in [0, 0.05) is 22.1 Å². The van der Waals surface area contributed by atoms with Crippen LogP contribution in [-0.4, -0.2) is 43.4 Å². The van der Waals surface area contributed by atoms with Crippen molar-refractivity contribution >= 4 is 29.0 Å². The van der Waals surface area contributed by atoms with E-state index in [1.54, 1.807) is 29.1 Å². The molecule has 2 aromatic carbocycles. The molecule has 0 radical (unpaired) electrons. The predicted octanol–water partition coefficient (Wildman–Crippen LogP) is 7.12. The Morgan fingerprint density at radius 1 is 1.29 bits per heavy atom. The van der Waals surface area contributed by atoms with E-state index in [2.05, 4.69) is 55.1 Å². The van der Waals surface area contributed by atoms with Crippen LogP contribution in [0.25, 0.3) is 22.5 Å². The normalized spacial score (nSPS) is 14.5. The van der Waals surface area contributed by atoms with E-state index in [0.29, 0.717) is 22.2 Å². The molecule has 11 heteroatoms. The molecular weight excluding hydrogens is 545 g/mol. The largest absolute Gasteiger partial charge is 0.453 e. The van der Waals surface area contributed by atoms with Crippen molar-refractivity contribution in [1.82, 2.24) is 30.2 Å². The molecule has 2 heterocycles. The Morgan fingerprint density at radius 2 is 2.12 bits per heavy atom. The molecule has 1 amide bonds. The van der Waals surface area contributed by atoms with Gasteiger partial charge in [0.15, 0.2) is 0 Å². The lowest BCUT2D eigenvalue weighted by atomic mass is 9.92. The summed E-state index contributed by atoms with van der Waals surface area (Å²) >= 11 is 6.34. The molecule has 5 rings (SSSR count). The number of ether oxygens (including phenoxy) is 1. The van der Waals surface area contributed by atoms with Crippen LogP contribution >= 0.6 is 11.6 Å². The fourth-order valence-corrected chi connectivity index (χ4v) is 4.79. The molecule has 1 fully saturated rings. The molecule has 2 aromatic heterocycles. The molecular formula is C30H29ClFN7O2. The Labute approximate surface area is 241 Å². The third kappa shape index (κ3) is 6.60. The number of tetrazole rings is 1. The summed E-state index contributed by atoms with van der Waals surface area (Å²) in [6.45, 7) is 6.10. The highest BCUT2D eigenvalue weighted by molar-refractivity contribution is 6.30. The van der Waals surface area contributed by atoms with Crippen LogP contribution in [0.1, 0.15) is 43.5 Å². The number of nitrogens with zero attached hydrogens (tertiary/aromatic N) is 5. The number of methoxy groups -OCH3 is 1. The first-order chi connectivity index (χ1) is 19.9. The van der Waals surface area contributed by atoms with Crippen LogP contribution in [0.15, 0.2) is 79.3 Å². The maximum Gasteiger partial charge on any atom is 0.411 e. The fraction of sp³-hybridized carbons (Fsp3) is 0.233. The van der Waals surface area contributed by atoms with E-state index in [1.807, 2.05) is 18.2 Å². The van der Waals surface area contributed by atoms with Crippen LogP contribution in [-0.2, 0) is 4.74 Å². The Balaban J connectivity index is 1.43. The number of aromatic nitrogens is 6. The van der Waals surface area contributed by atoms with Crippen LogP contribution in [0.3, 0.4) is 0 Å². The predicted molar refractivity (Wildman–Crippen MR) is 156 cm³/mol. The highest BCUT2D eigenvalue weighted by Gasteiger charge is 2.28. The van der Waals surface area contributed by atoms with Gasteiger partial charge in [-0.3, -0.25) is 5.32 Å². The van der Waals surface area contributed by atoms with Gasteiger partial charge in [-0.05, 0) is 65.6 Å². The first-order valence-corrected chi connectivity index (χ1v) is 13.5. The number of aromatic amines is 1. The lowest BCUT2D eigenvalue weighted by Gasteiger charge is -2.16. The van der Waals surface area contributed by atoms with E-state index in [4.69, 9.17) is 11.6 Å². The summed E-state index contributed by atoms with van der Waals surface area (Å²) in [6.07, 6.45) is 11.7. The molecule has 0 saturated heterocycles. The van der Waals surface area contributed by atoms with Gasteiger partial charge in [0.2, 0.25) is 0 Å². The van der Waals surface area contributed by atoms with Gasteiger partial charge in [0.25, 0.3) is 0 Å². The average molecular weight is 574 g/mol. The summed E-state index contributed by atoms with van der Waals surface area (Å²) in [4.78, 5) is 19.5. The molecule has 1 unspecified atom stereocenters. The molecule has 0 spiro atoms. The van der Waals surface area contributed by atoms with Gasteiger partial charge < -0.3 is 9.72 Å². The van der Waals surface area contributed by atoms with Gasteiger partial charge in [-0.1, -0.05) is 60.9 Å². The van der Waals surface area contributed by atoms with E-state index in [0.717, 1.165) is 34.6 Å². The van der Waals surface area contributed by atoms with E-state index < -0.39 is 11.9 Å². The minimum atomic E-state index is -0.735. The van der Waals surface area contributed by atoms with Crippen LogP contribution < -0.4 is 5.32 Å². The maximum absolute atomic E-state index is 14.7. The molecule has 1 aliphatic carbocycles. The zero-order valence-corrected chi connectivity index (χ0v) is 23.4. The zero-order valence-electron chi connectivity index (χ0n) is 22.6. The monoisotopic (exact) mass is 573 g/mol.